The molecule has 130 valence electrons. The highest BCUT2D eigenvalue weighted by Gasteiger charge is 2.10. The molecule has 0 spiro atoms. The number of thioether (sulfide) groups is 1. The van der Waals surface area contributed by atoms with Crippen LogP contribution in [-0.4, -0.2) is 23.3 Å². The number of aryl methyl sites for hydroxylation is 1. The Morgan fingerprint density at radius 2 is 1.76 bits per heavy atom. The predicted molar refractivity (Wildman–Crippen MR) is 104 cm³/mol. The summed E-state index contributed by atoms with van der Waals surface area (Å²) in [7, 11) is 0. The molecule has 0 radical (unpaired) electrons. The summed E-state index contributed by atoms with van der Waals surface area (Å²) in [5.74, 6) is 1.39. The van der Waals surface area contributed by atoms with E-state index in [1.54, 1.807) is 11.8 Å². The third kappa shape index (κ3) is 4.42. The zero-order valence-corrected chi connectivity index (χ0v) is 15.7. The lowest BCUT2D eigenvalue weighted by molar-refractivity contribution is 0.466. The van der Waals surface area contributed by atoms with Crippen LogP contribution in [0.2, 0.25) is 0 Å². The Morgan fingerprint density at radius 1 is 1.00 bits per heavy atom. The molecule has 0 fully saturated rings. The molecule has 1 heterocycles. The quantitative estimate of drug-likeness (QED) is 0.547. The van der Waals surface area contributed by atoms with Gasteiger partial charge in [-0.1, -0.05) is 41.6 Å². The fourth-order valence-corrected chi connectivity index (χ4v) is 3.44. The Balaban J connectivity index is 1.66. The molecule has 3 aromatic rings. The molecule has 0 aliphatic rings. The Hall–Kier alpha value is -2.27. The number of benzene rings is 2. The topological polar surface area (TPSA) is 42.2 Å². The molecule has 0 saturated heterocycles. The molecule has 2 aromatic carbocycles. The fourth-order valence-electron chi connectivity index (χ4n) is 2.74. The summed E-state index contributed by atoms with van der Waals surface area (Å²) >= 11 is 1.56. The normalized spacial score (nSPS) is 10.8. The van der Waals surface area contributed by atoms with Gasteiger partial charge in [0.2, 0.25) is 5.89 Å². The van der Waals surface area contributed by atoms with E-state index in [0.29, 0.717) is 11.1 Å². The van der Waals surface area contributed by atoms with Crippen LogP contribution in [0.25, 0.3) is 11.5 Å². The molecule has 0 saturated carbocycles. The maximum Gasteiger partial charge on any atom is 0.277 e. The van der Waals surface area contributed by atoms with Gasteiger partial charge < -0.3 is 9.32 Å². The van der Waals surface area contributed by atoms with E-state index in [1.165, 1.54) is 16.8 Å². The Bertz CT molecular complexity index is 810. The van der Waals surface area contributed by atoms with Crippen LogP contribution in [-0.2, 0) is 5.75 Å². The summed E-state index contributed by atoms with van der Waals surface area (Å²) in [6.45, 7) is 8.41. The minimum absolute atomic E-state index is 0.567. The van der Waals surface area contributed by atoms with Gasteiger partial charge in [0, 0.05) is 30.1 Å². The molecule has 4 nitrogen and oxygen atoms in total. The summed E-state index contributed by atoms with van der Waals surface area (Å²) < 4.78 is 5.80. The third-order valence-electron chi connectivity index (χ3n) is 4.09. The van der Waals surface area contributed by atoms with E-state index in [9.17, 15) is 0 Å². The zero-order valence-electron chi connectivity index (χ0n) is 14.9. The Labute approximate surface area is 153 Å². The first-order valence-electron chi connectivity index (χ1n) is 8.56. The van der Waals surface area contributed by atoms with E-state index < -0.39 is 0 Å². The number of rotatable bonds is 7. The number of hydrogen-bond acceptors (Lipinski definition) is 5. The molecule has 0 unspecified atom stereocenters. The maximum atomic E-state index is 5.80. The van der Waals surface area contributed by atoms with Crippen molar-refractivity contribution >= 4 is 17.4 Å². The largest absolute Gasteiger partial charge is 0.411 e. The van der Waals surface area contributed by atoms with Crippen molar-refractivity contribution in [3.8, 4) is 11.5 Å². The summed E-state index contributed by atoms with van der Waals surface area (Å²) in [4.78, 5) is 2.31. The van der Waals surface area contributed by atoms with Crippen molar-refractivity contribution in [3.05, 3.63) is 59.7 Å². The van der Waals surface area contributed by atoms with E-state index in [-0.39, 0.29) is 0 Å². The third-order valence-corrected chi connectivity index (χ3v) is 4.98. The van der Waals surface area contributed by atoms with Crippen LogP contribution in [0.15, 0.2) is 58.2 Å². The van der Waals surface area contributed by atoms with Crippen LogP contribution in [0.1, 0.15) is 25.0 Å². The second-order valence-electron chi connectivity index (χ2n) is 5.87. The van der Waals surface area contributed by atoms with Crippen LogP contribution in [0.5, 0.6) is 0 Å². The molecule has 1 aromatic heterocycles. The molecule has 0 aliphatic carbocycles. The van der Waals surface area contributed by atoms with Gasteiger partial charge in [0.1, 0.15) is 0 Å². The standard InChI is InChI=1S/C20H23N3OS/c1-4-23(5-2)18-11-9-17(10-12-18)19-21-22-20(24-19)25-14-16-8-6-7-15(3)13-16/h6-13H,4-5,14H2,1-3H3. The van der Waals surface area contributed by atoms with Gasteiger partial charge in [-0.15, -0.1) is 10.2 Å². The smallest absolute Gasteiger partial charge is 0.277 e. The second kappa shape index (κ2) is 8.21. The second-order valence-corrected chi connectivity index (χ2v) is 6.80. The van der Waals surface area contributed by atoms with E-state index in [0.717, 1.165) is 24.4 Å². The van der Waals surface area contributed by atoms with Gasteiger partial charge in [-0.25, -0.2) is 0 Å². The van der Waals surface area contributed by atoms with Gasteiger partial charge in [-0.2, -0.15) is 0 Å². The van der Waals surface area contributed by atoms with Crippen molar-refractivity contribution in [2.24, 2.45) is 0 Å². The SMILES string of the molecule is CCN(CC)c1ccc(-c2nnc(SCc3cccc(C)c3)o2)cc1. The van der Waals surface area contributed by atoms with Gasteiger partial charge in [-0.3, -0.25) is 0 Å². The molecule has 0 amide bonds. The molecule has 5 heteroatoms. The highest BCUT2D eigenvalue weighted by atomic mass is 32.2. The van der Waals surface area contributed by atoms with Crippen LogP contribution in [0, 0.1) is 6.92 Å². The summed E-state index contributed by atoms with van der Waals surface area (Å²) in [6, 6.07) is 16.7. The number of anilines is 1. The Kier molecular flexibility index (Phi) is 5.76. The monoisotopic (exact) mass is 353 g/mol. The van der Waals surface area contributed by atoms with Crippen LogP contribution in [0.3, 0.4) is 0 Å². The van der Waals surface area contributed by atoms with Gasteiger partial charge in [-0.05, 0) is 50.6 Å². The number of hydrogen-bond donors (Lipinski definition) is 0. The average Bonchev–Trinajstić information content (AvgIpc) is 3.11. The van der Waals surface area contributed by atoms with E-state index >= 15 is 0 Å². The van der Waals surface area contributed by atoms with Crippen molar-refractivity contribution in [3.63, 3.8) is 0 Å². The summed E-state index contributed by atoms with van der Waals surface area (Å²) in [5, 5.41) is 8.94. The lowest BCUT2D eigenvalue weighted by Gasteiger charge is -2.20. The summed E-state index contributed by atoms with van der Waals surface area (Å²) in [6.07, 6.45) is 0. The first-order valence-corrected chi connectivity index (χ1v) is 9.55. The van der Waals surface area contributed by atoms with Gasteiger partial charge in [0.25, 0.3) is 5.22 Å². The van der Waals surface area contributed by atoms with Crippen molar-refractivity contribution in [2.45, 2.75) is 31.7 Å². The number of aromatic nitrogens is 2. The first kappa shape index (κ1) is 17.5. The van der Waals surface area contributed by atoms with E-state index in [1.807, 2.05) is 12.1 Å². The van der Waals surface area contributed by atoms with E-state index in [4.69, 9.17) is 4.42 Å². The fraction of sp³-hybridized carbons (Fsp3) is 0.300. The van der Waals surface area contributed by atoms with Crippen LogP contribution < -0.4 is 4.90 Å². The molecule has 0 N–H and O–H groups in total. The maximum absolute atomic E-state index is 5.80. The highest BCUT2D eigenvalue weighted by Crippen LogP contribution is 2.27. The van der Waals surface area contributed by atoms with Gasteiger partial charge in [0.15, 0.2) is 0 Å². The van der Waals surface area contributed by atoms with E-state index in [2.05, 4.69) is 72.3 Å². The molecule has 3 rings (SSSR count). The predicted octanol–water partition coefficient (Wildman–Crippen LogP) is 5.18. The first-order chi connectivity index (χ1) is 12.2. The molecule has 0 bridgehead atoms. The highest BCUT2D eigenvalue weighted by molar-refractivity contribution is 7.98. The summed E-state index contributed by atoms with van der Waals surface area (Å²) in [5.41, 5.74) is 4.68. The number of nitrogens with zero attached hydrogens (tertiary/aromatic N) is 3. The molecule has 25 heavy (non-hydrogen) atoms. The van der Waals surface area contributed by atoms with Crippen molar-refractivity contribution in [1.29, 1.82) is 0 Å². The lowest BCUT2D eigenvalue weighted by Crippen LogP contribution is -2.21. The average molecular weight is 353 g/mol. The Morgan fingerprint density at radius 3 is 2.44 bits per heavy atom. The molecular formula is C20H23N3OS. The minimum Gasteiger partial charge on any atom is -0.411 e. The minimum atomic E-state index is 0.567. The van der Waals surface area contributed by atoms with Crippen LogP contribution >= 0.6 is 11.8 Å². The zero-order chi connectivity index (χ0) is 17.6. The van der Waals surface area contributed by atoms with Crippen LogP contribution in [0.4, 0.5) is 5.69 Å². The van der Waals surface area contributed by atoms with Gasteiger partial charge in [0.05, 0.1) is 0 Å². The molecule has 0 atom stereocenters. The molecule has 0 aliphatic heterocycles. The molecular weight excluding hydrogens is 330 g/mol. The lowest BCUT2D eigenvalue weighted by atomic mass is 10.2. The van der Waals surface area contributed by atoms with Crippen molar-refractivity contribution < 1.29 is 4.42 Å². The van der Waals surface area contributed by atoms with Crippen molar-refractivity contribution in [2.75, 3.05) is 18.0 Å². The van der Waals surface area contributed by atoms with Crippen molar-refractivity contribution in [1.82, 2.24) is 10.2 Å². The van der Waals surface area contributed by atoms with Gasteiger partial charge >= 0.3 is 0 Å².